The van der Waals surface area contributed by atoms with Crippen LogP contribution in [0.2, 0.25) is 0 Å². The Balaban J connectivity index is 3.29. The SMILES string of the molecule is Nc1cc(F)c(C#CCO)cc1C(=O)O. The number of aliphatic hydroxyl groups is 1. The third-order valence-electron chi connectivity index (χ3n) is 1.67. The van der Waals surface area contributed by atoms with Crippen LogP contribution >= 0.6 is 0 Å². The quantitative estimate of drug-likeness (QED) is 0.463. The highest BCUT2D eigenvalue weighted by Crippen LogP contribution is 2.17. The summed E-state index contributed by atoms with van der Waals surface area (Å²) in [6.45, 7) is -0.424. The van der Waals surface area contributed by atoms with E-state index in [1.165, 1.54) is 0 Å². The van der Waals surface area contributed by atoms with Crippen LogP contribution in [-0.2, 0) is 0 Å². The molecule has 0 saturated heterocycles. The van der Waals surface area contributed by atoms with E-state index >= 15 is 0 Å². The minimum Gasteiger partial charge on any atom is -0.478 e. The zero-order valence-corrected chi connectivity index (χ0v) is 7.62. The molecule has 78 valence electrons. The number of nitrogen functional groups attached to an aromatic ring is 1. The predicted molar refractivity (Wildman–Crippen MR) is 51.7 cm³/mol. The van der Waals surface area contributed by atoms with Gasteiger partial charge >= 0.3 is 5.97 Å². The molecule has 0 saturated carbocycles. The summed E-state index contributed by atoms with van der Waals surface area (Å²) < 4.78 is 13.2. The van der Waals surface area contributed by atoms with Crippen LogP contribution in [0.3, 0.4) is 0 Å². The summed E-state index contributed by atoms with van der Waals surface area (Å²) in [6.07, 6.45) is 0. The first-order valence-electron chi connectivity index (χ1n) is 3.98. The molecule has 0 aromatic heterocycles. The highest BCUT2D eigenvalue weighted by molar-refractivity contribution is 5.94. The Kier molecular flexibility index (Phi) is 3.26. The van der Waals surface area contributed by atoms with E-state index in [-0.39, 0.29) is 16.8 Å². The third-order valence-corrected chi connectivity index (χ3v) is 1.67. The van der Waals surface area contributed by atoms with Crippen molar-refractivity contribution in [3.8, 4) is 11.8 Å². The molecule has 1 rings (SSSR count). The van der Waals surface area contributed by atoms with Gasteiger partial charge in [0.25, 0.3) is 0 Å². The predicted octanol–water partition coefficient (Wildman–Crippen LogP) is 0.450. The van der Waals surface area contributed by atoms with E-state index in [4.69, 9.17) is 15.9 Å². The Morgan fingerprint density at radius 1 is 1.53 bits per heavy atom. The molecule has 4 nitrogen and oxygen atoms in total. The Morgan fingerprint density at radius 2 is 2.20 bits per heavy atom. The zero-order valence-electron chi connectivity index (χ0n) is 7.62. The second-order valence-electron chi connectivity index (χ2n) is 2.68. The van der Waals surface area contributed by atoms with Gasteiger partial charge in [-0.1, -0.05) is 11.8 Å². The molecule has 0 aliphatic carbocycles. The zero-order chi connectivity index (χ0) is 11.4. The highest BCUT2D eigenvalue weighted by atomic mass is 19.1. The molecule has 0 spiro atoms. The summed E-state index contributed by atoms with van der Waals surface area (Å²) in [6, 6.07) is 1.93. The van der Waals surface area contributed by atoms with Crippen LogP contribution in [0.15, 0.2) is 12.1 Å². The van der Waals surface area contributed by atoms with Gasteiger partial charge in [-0.25, -0.2) is 9.18 Å². The van der Waals surface area contributed by atoms with Crippen molar-refractivity contribution >= 4 is 11.7 Å². The van der Waals surface area contributed by atoms with Crippen LogP contribution in [0.4, 0.5) is 10.1 Å². The summed E-state index contributed by atoms with van der Waals surface area (Å²) in [5, 5.41) is 17.1. The second-order valence-corrected chi connectivity index (χ2v) is 2.68. The van der Waals surface area contributed by atoms with E-state index in [1.807, 2.05) is 0 Å². The van der Waals surface area contributed by atoms with E-state index < -0.39 is 18.4 Å². The topological polar surface area (TPSA) is 83.5 Å². The van der Waals surface area contributed by atoms with Crippen molar-refractivity contribution in [2.24, 2.45) is 0 Å². The molecular weight excluding hydrogens is 201 g/mol. The van der Waals surface area contributed by atoms with Crippen LogP contribution in [0.1, 0.15) is 15.9 Å². The lowest BCUT2D eigenvalue weighted by Gasteiger charge is -2.02. The van der Waals surface area contributed by atoms with Crippen LogP contribution in [0, 0.1) is 17.7 Å². The maximum absolute atomic E-state index is 13.2. The van der Waals surface area contributed by atoms with E-state index in [0.717, 1.165) is 12.1 Å². The van der Waals surface area contributed by atoms with E-state index in [0.29, 0.717) is 0 Å². The van der Waals surface area contributed by atoms with Crippen molar-refractivity contribution in [2.45, 2.75) is 0 Å². The molecule has 0 unspecified atom stereocenters. The lowest BCUT2D eigenvalue weighted by atomic mass is 10.1. The number of carboxylic acid groups (broad SMARTS) is 1. The Morgan fingerprint density at radius 3 is 2.73 bits per heavy atom. The fourth-order valence-electron chi connectivity index (χ4n) is 1.00. The molecular formula is C10H8FNO3. The maximum Gasteiger partial charge on any atom is 0.337 e. The normalized spacial score (nSPS) is 9.20. The number of aromatic carboxylic acids is 1. The number of carbonyl (C=O) groups is 1. The largest absolute Gasteiger partial charge is 0.478 e. The lowest BCUT2D eigenvalue weighted by molar-refractivity contribution is 0.0698. The summed E-state index contributed by atoms with van der Waals surface area (Å²) in [5.74, 6) is 2.55. The monoisotopic (exact) mass is 209 g/mol. The molecule has 15 heavy (non-hydrogen) atoms. The number of benzene rings is 1. The number of hydrogen-bond acceptors (Lipinski definition) is 3. The molecule has 0 radical (unpaired) electrons. The highest BCUT2D eigenvalue weighted by Gasteiger charge is 2.11. The molecule has 0 aliphatic heterocycles. The molecule has 0 bridgehead atoms. The first kappa shape index (κ1) is 11.0. The minimum atomic E-state index is -1.25. The Hall–Kier alpha value is -2.06. The van der Waals surface area contributed by atoms with Crippen LogP contribution in [0.5, 0.6) is 0 Å². The number of anilines is 1. The lowest BCUT2D eigenvalue weighted by Crippen LogP contribution is -2.04. The number of carboxylic acids is 1. The number of hydrogen-bond donors (Lipinski definition) is 3. The van der Waals surface area contributed by atoms with Crippen molar-refractivity contribution in [1.29, 1.82) is 0 Å². The molecule has 0 amide bonds. The van der Waals surface area contributed by atoms with Gasteiger partial charge in [0.05, 0.1) is 11.1 Å². The van der Waals surface area contributed by atoms with Gasteiger partial charge in [0.1, 0.15) is 12.4 Å². The minimum absolute atomic E-state index is 0.101. The van der Waals surface area contributed by atoms with Gasteiger partial charge < -0.3 is 15.9 Å². The first-order valence-corrected chi connectivity index (χ1v) is 3.98. The van der Waals surface area contributed by atoms with Gasteiger partial charge in [-0.05, 0) is 12.1 Å². The fourth-order valence-corrected chi connectivity index (χ4v) is 1.00. The van der Waals surface area contributed by atoms with Crippen molar-refractivity contribution in [1.82, 2.24) is 0 Å². The van der Waals surface area contributed by atoms with Crippen LogP contribution in [0.25, 0.3) is 0 Å². The number of nitrogens with two attached hydrogens (primary N) is 1. The summed E-state index contributed by atoms with van der Waals surface area (Å²) in [7, 11) is 0. The average molecular weight is 209 g/mol. The second kappa shape index (κ2) is 4.44. The molecule has 0 heterocycles. The smallest absolute Gasteiger partial charge is 0.337 e. The Bertz CT molecular complexity index is 460. The van der Waals surface area contributed by atoms with Gasteiger partial charge in [-0.15, -0.1) is 0 Å². The fraction of sp³-hybridized carbons (Fsp3) is 0.100. The standard InChI is InChI=1S/C10H8FNO3/c11-8-5-9(12)7(10(14)15)4-6(8)2-1-3-13/h4-5,13H,3,12H2,(H,14,15). The molecule has 5 heteroatoms. The van der Waals surface area contributed by atoms with Gasteiger partial charge in [0.15, 0.2) is 0 Å². The van der Waals surface area contributed by atoms with Gasteiger partial charge in [0, 0.05) is 5.69 Å². The number of rotatable bonds is 1. The van der Waals surface area contributed by atoms with Gasteiger partial charge in [-0.3, -0.25) is 0 Å². The van der Waals surface area contributed by atoms with E-state index in [1.54, 1.807) is 0 Å². The number of aliphatic hydroxyl groups excluding tert-OH is 1. The van der Waals surface area contributed by atoms with Crippen LogP contribution in [-0.4, -0.2) is 22.8 Å². The summed E-state index contributed by atoms with van der Waals surface area (Å²) in [4.78, 5) is 10.7. The van der Waals surface area contributed by atoms with Gasteiger partial charge in [0.2, 0.25) is 0 Å². The van der Waals surface area contributed by atoms with E-state index in [2.05, 4.69) is 11.8 Å². The van der Waals surface area contributed by atoms with E-state index in [9.17, 15) is 9.18 Å². The molecule has 0 fully saturated rings. The van der Waals surface area contributed by atoms with Crippen molar-refractivity contribution in [3.63, 3.8) is 0 Å². The van der Waals surface area contributed by atoms with Gasteiger partial charge in [-0.2, -0.15) is 0 Å². The summed E-state index contributed by atoms with van der Waals surface area (Å²) in [5.41, 5.74) is 4.83. The molecule has 4 N–H and O–H groups in total. The average Bonchev–Trinajstić information content (AvgIpc) is 2.16. The van der Waals surface area contributed by atoms with Crippen molar-refractivity contribution < 1.29 is 19.4 Å². The molecule has 0 atom stereocenters. The molecule has 0 aliphatic rings. The maximum atomic E-state index is 13.2. The summed E-state index contributed by atoms with van der Waals surface area (Å²) >= 11 is 0. The van der Waals surface area contributed by atoms with Crippen molar-refractivity contribution in [2.75, 3.05) is 12.3 Å². The first-order chi connectivity index (χ1) is 7.06. The molecule has 1 aromatic rings. The van der Waals surface area contributed by atoms with Crippen molar-refractivity contribution in [3.05, 3.63) is 29.1 Å². The van der Waals surface area contributed by atoms with Crippen LogP contribution < -0.4 is 5.73 Å². The third kappa shape index (κ3) is 2.45. The number of halogens is 1. The molecule has 1 aromatic carbocycles. The Labute approximate surface area is 85.1 Å².